The molecule has 7 heteroatoms. The van der Waals surface area contributed by atoms with Crippen molar-refractivity contribution in [1.29, 1.82) is 0 Å². The number of nitrogens with zero attached hydrogens (tertiary/aromatic N) is 1. The molecule has 2 aromatic rings. The largest absolute Gasteiger partial charge is 0.348 e. The van der Waals surface area contributed by atoms with E-state index < -0.39 is 9.84 Å². The molecule has 1 aromatic heterocycles. The minimum atomic E-state index is -3.05. The Bertz CT molecular complexity index is 1190. The maximum absolute atomic E-state index is 13.7. The first-order valence-electron chi connectivity index (χ1n) is 11.5. The summed E-state index contributed by atoms with van der Waals surface area (Å²) in [7, 11) is -3.05. The summed E-state index contributed by atoms with van der Waals surface area (Å²) < 4.78 is 25.3. The molecule has 2 fully saturated rings. The van der Waals surface area contributed by atoms with Gasteiger partial charge in [-0.1, -0.05) is 44.5 Å². The van der Waals surface area contributed by atoms with Gasteiger partial charge in [-0.15, -0.1) is 0 Å². The Morgan fingerprint density at radius 1 is 1.25 bits per heavy atom. The number of halogens is 1. The van der Waals surface area contributed by atoms with Crippen LogP contribution in [0.5, 0.6) is 0 Å². The molecule has 1 heterocycles. The Morgan fingerprint density at radius 2 is 1.94 bits per heavy atom. The molecule has 2 aliphatic rings. The van der Waals surface area contributed by atoms with Gasteiger partial charge in [-0.3, -0.25) is 4.79 Å². The van der Waals surface area contributed by atoms with Gasteiger partial charge in [0, 0.05) is 29.9 Å². The number of rotatable bonds is 6. The molecule has 0 spiro atoms. The van der Waals surface area contributed by atoms with Gasteiger partial charge in [0.05, 0.1) is 21.9 Å². The van der Waals surface area contributed by atoms with E-state index in [1.54, 1.807) is 0 Å². The van der Waals surface area contributed by atoms with E-state index in [-0.39, 0.29) is 28.5 Å². The minimum absolute atomic E-state index is 0.0545. The van der Waals surface area contributed by atoms with E-state index in [0.717, 1.165) is 28.6 Å². The van der Waals surface area contributed by atoms with Crippen LogP contribution < -0.4 is 5.32 Å². The lowest BCUT2D eigenvalue weighted by Gasteiger charge is -2.43. The number of sulfone groups is 1. The molecule has 2 saturated carbocycles. The Hall–Kier alpha value is -1.53. The first kappa shape index (κ1) is 23.6. The summed E-state index contributed by atoms with van der Waals surface area (Å²) in [5.41, 5.74) is 3.46. The number of nitrogens with one attached hydrogen (secondary N) is 1. The fraction of sp³-hybridized carbons (Fsp3) is 0.640. The van der Waals surface area contributed by atoms with Crippen LogP contribution in [0.25, 0.3) is 10.9 Å². The number of carbonyl (C=O) groups is 1. The lowest BCUT2D eigenvalue weighted by Crippen LogP contribution is -2.52. The van der Waals surface area contributed by atoms with E-state index in [2.05, 4.69) is 26.1 Å². The van der Waals surface area contributed by atoms with Gasteiger partial charge in [-0.25, -0.2) is 8.42 Å². The maximum Gasteiger partial charge on any atom is 0.253 e. The van der Waals surface area contributed by atoms with Crippen molar-refractivity contribution in [3.8, 4) is 0 Å². The van der Waals surface area contributed by atoms with E-state index >= 15 is 0 Å². The number of hydrogen-bond donors (Lipinski definition) is 1. The maximum atomic E-state index is 13.7. The van der Waals surface area contributed by atoms with Crippen LogP contribution in [-0.4, -0.2) is 36.9 Å². The minimum Gasteiger partial charge on any atom is -0.348 e. The summed E-state index contributed by atoms with van der Waals surface area (Å²) in [4.78, 5) is 13.7. The summed E-state index contributed by atoms with van der Waals surface area (Å²) >= 11 is 6.71. The third-order valence-electron chi connectivity index (χ3n) is 8.28. The van der Waals surface area contributed by atoms with Crippen molar-refractivity contribution in [2.24, 2.45) is 16.7 Å². The Morgan fingerprint density at radius 3 is 2.53 bits per heavy atom. The summed E-state index contributed by atoms with van der Waals surface area (Å²) in [5.74, 6) is 0.696. The van der Waals surface area contributed by atoms with Crippen molar-refractivity contribution in [2.75, 3.05) is 12.0 Å². The molecule has 3 atom stereocenters. The molecule has 1 amide bonds. The zero-order valence-corrected chi connectivity index (χ0v) is 21.6. The van der Waals surface area contributed by atoms with Crippen molar-refractivity contribution in [3.05, 3.63) is 34.0 Å². The molecule has 1 N–H and O–H groups in total. The number of aromatic nitrogens is 1. The second kappa shape index (κ2) is 7.76. The molecule has 0 radical (unpaired) electrons. The number of fused-ring (bicyclic) bond motifs is 3. The number of carbonyl (C=O) groups excluding carboxylic acids is 1. The van der Waals surface area contributed by atoms with E-state index in [4.69, 9.17) is 11.6 Å². The molecule has 4 rings (SSSR count). The van der Waals surface area contributed by atoms with Crippen molar-refractivity contribution in [2.45, 2.75) is 72.9 Å². The summed E-state index contributed by atoms with van der Waals surface area (Å²) in [6.07, 6.45) is 5.29. The molecule has 2 bridgehead atoms. The second-order valence-electron chi connectivity index (χ2n) is 11.0. The van der Waals surface area contributed by atoms with Gasteiger partial charge in [0.15, 0.2) is 0 Å². The SMILES string of the molecule is Cc1ccc2c(C(=O)NC3C4(C)CCC(C4)C3(C)C)c(C)n(CCCS(C)(=O)=O)c2c1Cl. The van der Waals surface area contributed by atoms with Crippen LogP contribution in [0.15, 0.2) is 12.1 Å². The zero-order chi connectivity index (χ0) is 23.6. The molecule has 3 unspecified atom stereocenters. The molecule has 0 aliphatic heterocycles. The number of aryl methyl sites for hydroxylation is 2. The van der Waals surface area contributed by atoms with E-state index in [1.807, 2.05) is 30.5 Å². The molecule has 0 saturated heterocycles. The van der Waals surface area contributed by atoms with Gasteiger partial charge in [0.1, 0.15) is 9.84 Å². The smallest absolute Gasteiger partial charge is 0.253 e. The first-order valence-corrected chi connectivity index (χ1v) is 14.0. The van der Waals surface area contributed by atoms with Crippen LogP contribution in [0.3, 0.4) is 0 Å². The van der Waals surface area contributed by atoms with Gasteiger partial charge < -0.3 is 9.88 Å². The Kier molecular flexibility index (Phi) is 5.73. The topological polar surface area (TPSA) is 68.2 Å². The van der Waals surface area contributed by atoms with E-state index in [9.17, 15) is 13.2 Å². The highest BCUT2D eigenvalue weighted by molar-refractivity contribution is 7.90. The highest BCUT2D eigenvalue weighted by Gasteiger charge is 2.59. The van der Waals surface area contributed by atoms with Crippen LogP contribution in [-0.2, 0) is 16.4 Å². The summed E-state index contributed by atoms with van der Waals surface area (Å²) in [6.45, 7) is 11.3. The number of hydrogen-bond acceptors (Lipinski definition) is 3. The lowest BCUT2D eigenvalue weighted by molar-refractivity contribution is 0.0738. The van der Waals surface area contributed by atoms with Crippen molar-refractivity contribution >= 4 is 38.2 Å². The molecule has 2 aliphatic carbocycles. The quantitative estimate of drug-likeness (QED) is 0.613. The fourth-order valence-corrected chi connectivity index (χ4v) is 7.47. The molecule has 32 heavy (non-hydrogen) atoms. The van der Waals surface area contributed by atoms with Crippen molar-refractivity contribution < 1.29 is 13.2 Å². The standard InChI is InChI=1S/C25H35ClN2O3S/c1-15-8-9-18-19(16(2)28(21(18)20(15)26)12-7-13-32(6,30)31)22(29)27-23-24(3,4)17-10-11-25(23,5)14-17/h8-9,17,23H,7,10-14H2,1-6H3,(H,27,29). The normalized spacial score (nSPS) is 26.7. The molecule has 1 aromatic carbocycles. The Balaban J connectivity index is 1.73. The second-order valence-corrected chi connectivity index (χ2v) is 13.6. The van der Waals surface area contributed by atoms with Crippen LogP contribution >= 0.6 is 11.6 Å². The van der Waals surface area contributed by atoms with Gasteiger partial charge in [0.2, 0.25) is 0 Å². The highest BCUT2D eigenvalue weighted by Crippen LogP contribution is 2.62. The summed E-state index contributed by atoms with van der Waals surface area (Å²) in [5, 5.41) is 4.88. The predicted molar refractivity (Wildman–Crippen MR) is 131 cm³/mol. The van der Waals surface area contributed by atoms with Gasteiger partial charge in [0.25, 0.3) is 5.91 Å². The predicted octanol–water partition coefficient (Wildman–Crippen LogP) is 5.29. The average Bonchev–Trinajstić information content (AvgIpc) is 3.26. The van der Waals surface area contributed by atoms with Gasteiger partial charge in [-0.05, 0) is 61.8 Å². The highest BCUT2D eigenvalue weighted by atomic mass is 35.5. The lowest BCUT2D eigenvalue weighted by atomic mass is 9.68. The molecule has 176 valence electrons. The molecular formula is C25H35ClN2O3S. The monoisotopic (exact) mass is 478 g/mol. The zero-order valence-electron chi connectivity index (χ0n) is 20.0. The van der Waals surface area contributed by atoms with Crippen LogP contribution in [0, 0.1) is 30.6 Å². The third-order valence-corrected chi connectivity index (χ3v) is 9.79. The first-order chi connectivity index (χ1) is 14.8. The van der Waals surface area contributed by atoms with Crippen molar-refractivity contribution in [3.63, 3.8) is 0 Å². The van der Waals surface area contributed by atoms with Gasteiger partial charge >= 0.3 is 0 Å². The molecular weight excluding hydrogens is 444 g/mol. The van der Waals surface area contributed by atoms with Gasteiger partial charge in [-0.2, -0.15) is 0 Å². The molecule has 5 nitrogen and oxygen atoms in total. The van der Waals surface area contributed by atoms with Crippen LogP contribution in [0.2, 0.25) is 5.02 Å². The average molecular weight is 479 g/mol. The van der Waals surface area contributed by atoms with Crippen molar-refractivity contribution in [1.82, 2.24) is 9.88 Å². The number of amides is 1. The van der Waals surface area contributed by atoms with Crippen LogP contribution in [0.1, 0.15) is 68.1 Å². The van der Waals surface area contributed by atoms with E-state index in [1.165, 1.54) is 19.1 Å². The van der Waals surface area contributed by atoms with E-state index in [0.29, 0.717) is 29.5 Å². The number of benzene rings is 1. The third kappa shape index (κ3) is 3.77. The Labute approximate surface area is 196 Å². The van der Waals surface area contributed by atoms with Crippen LogP contribution in [0.4, 0.5) is 0 Å². The summed E-state index contributed by atoms with van der Waals surface area (Å²) in [6, 6.07) is 4.05. The fourth-order valence-electron chi connectivity index (χ4n) is 6.55.